The van der Waals surface area contributed by atoms with Gasteiger partial charge in [0.1, 0.15) is 0 Å². The third kappa shape index (κ3) is 2.77. The molecule has 0 aromatic heterocycles. The molecule has 176 valence electrons. The smallest absolute Gasteiger partial charge is 0.0777 e. The molecule has 1 spiro atoms. The molecule has 2 bridgehead atoms. The first-order valence-corrected chi connectivity index (χ1v) is 13.6. The third-order valence-corrected chi connectivity index (χ3v) is 12.6. The molecule has 2 heterocycles. The minimum Gasteiger partial charge on any atom is -0.370 e. The normalized spacial score (nSPS) is 54.6. The van der Waals surface area contributed by atoms with Crippen molar-refractivity contribution in [2.75, 3.05) is 0 Å². The van der Waals surface area contributed by atoms with Crippen LogP contribution in [0.3, 0.4) is 0 Å². The van der Waals surface area contributed by atoms with E-state index in [0.717, 1.165) is 11.8 Å². The zero-order valence-corrected chi connectivity index (χ0v) is 22.0. The molecule has 8 atom stereocenters. The van der Waals surface area contributed by atoms with Gasteiger partial charge in [-0.3, -0.25) is 0 Å². The van der Waals surface area contributed by atoms with Crippen LogP contribution >= 0.6 is 0 Å². The SMILES string of the molecule is CC(C)=CCC[C@]1(C)CC[C@]2(C)[C@H]3CC[C@@H]4C(C)(C)[C@@H]5CC[C@]4(O5)[C@]3(C)CC[C@@]2(C)C1. The molecule has 1 heteroatoms. The van der Waals surface area contributed by atoms with E-state index in [2.05, 4.69) is 61.5 Å². The highest BCUT2D eigenvalue weighted by Gasteiger charge is 2.76. The van der Waals surface area contributed by atoms with E-state index in [1.54, 1.807) is 0 Å². The van der Waals surface area contributed by atoms with Gasteiger partial charge in [-0.05, 0) is 118 Å². The van der Waals surface area contributed by atoms with Crippen LogP contribution in [0.5, 0.6) is 0 Å². The highest BCUT2D eigenvalue weighted by atomic mass is 16.5. The summed E-state index contributed by atoms with van der Waals surface area (Å²) < 4.78 is 7.12. The lowest BCUT2D eigenvalue weighted by Gasteiger charge is -2.71. The quantitative estimate of drug-likeness (QED) is 0.410. The number of hydrogen-bond acceptors (Lipinski definition) is 1. The van der Waals surface area contributed by atoms with Gasteiger partial charge >= 0.3 is 0 Å². The molecule has 0 amide bonds. The summed E-state index contributed by atoms with van der Waals surface area (Å²) in [5.41, 5.74) is 3.90. The van der Waals surface area contributed by atoms with Gasteiger partial charge in [0.25, 0.3) is 0 Å². The van der Waals surface area contributed by atoms with E-state index in [-0.39, 0.29) is 5.60 Å². The van der Waals surface area contributed by atoms with Crippen molar-refractivity contribution in [1.82, 2.24) is 0 Å². The highest BCUT2D eigenvalue weighted by molar-refractivity contribution is 5.24. The van der Waals surface area contributed by atoms with Crippen LogP contribution in [0.1, 0.15) is 126 Å². The molecular formula is C30H50O. The van der Waals surface area contributed by atoms with Crippen molar-refractivity contribution < 1.29 is 4.74 Å². The van der Waals surface area contributed by atoms with Gasteiger partial charge in [-0.1, -0.05) is 53.2 Å². The lowest BCUT2D eigenvalue weighted by atomic mass is 9.33. The molecule has 3 aliphatic carbocycles. The largest absolute Gasteiger partial charge is 0.370 e. The number of hydrogen-bond donors (Lipinski definition) is 0. The summed E-state index contributed by atoms with van der Waals surface area (Å²) in [7, 11) is 0. The van der Waals surface area contributed by atoms with Crippen LogP contribution in [-0.4, -0.2) is 11.7 Å². The molecule has 5 aliphatic rings. The molecule has 0 radical (unpaired) electrons. The second kappa shape index (κ2) is 6.64. The third-order valence-electron chi connectivity index (χ3n) is 12.6. The first-order valence-electron chi connectivity index (χ1n) is 13.6. The topological polar surface area (TPSA) is 9.23 Å². The Balaban J connectivity index is 1.45. The van der Waals surface area contributed by atoms with E-state index in [9.17, 15) is 0 Å². The van der Waals surface area contributed by atoms with Crippen molar-refractivity contribution in [2.24, 2.45) is 38.9 Å². The summed E-state index contributed by atoms with van der Waals surface area (Å²) in [6, 6.07) is 0. The predicted octanol–water partition coefficient (Wildman–Crippen LogP) is 8.72. The Morgan fingerprint density at radius 2 is 1.48 bits per heavy atom. The van der Waals surface area contributed by atoms with E-state index < -0.39 is 0 Å². The number of fused-ring (bicyclic) bond motifs is 4. The van der Waals surface area contributed by atoms with E-state index in [4.69, 9.17) is 4.74 Å². The van der Waals surface area contributed by atoms with Crippen LogP contribution < -0.4 is 0 Å². The maximum absolute atomic E-state index is 7.12. The number of rotatable bonds is 3. The van der Waals surface area contributed by atoms with Crippen molar-refractivity contribution in [3.05, 3.63) is 11.6 Å². The minimum atomic E-state index is 0.179. The number of allylic oxidation sites excluding steroid dienone is 2. The first-order chi connectivity index (χ1) is 14.3. The fraction of sp³-hybridized carbons (Fsp3) is 0.933. The van der Waals surface area contributed by atoms with Gasteiger partial charge in [-0.25, -0.2) is 0 Å². The van der Waals surface area contributed by atoms with Crippen LogP contribution in [0.15, 0.2) is 11.6 Å². The van der Waals surface area contributed by atoms with Crippen molar-refractivity contribution >= 4 is 0 Å². The van der Waals surface area contributed by atoms with Gasteiger partial charge in [0.2, 0.25) is 0 Å². The second-order valence-corrected chi connectivity index (χ2v) is 14.7. The average molecular weight is 427 g/mol. The molecule has 0 aromatic carbocycles. The summed E-state index contributed by atoms with van der Waals surface area (Å²) in [5.74, 6) is 1.62. The Kier molecular flexibility index (Phi) is 4.82. The van der Waals surface area contributed by atoms with Crippen LogP contribution in [0.2, 0.25) is 0 Å². The molecule has 2 aliphatic heterocycles. The summed E-state index contributed by atoms with van der Waals surface area (Å²) in [4.78, 5) is 0. The zero-order valence-electron chi connectivity index (χ0n) is 22.0. The summed E-state index contributed by atoms with van der Waals surface area (Å²) in [6.45, 7) is 20.3. The van der Waals surface area contributed by atoms with E-state index in [1.807, 2.05) is 0 Å². The van der Waals surface area contributed by atoms with Gasteiger partial charge in [-0.15, -0.1) is 0 Å². The predicted molar refractivity (Wildman–Crippen MR) is 131 cm³/mol. The van der Waals surface area contributed by atoms with E-state index in [0.29, 0.717) is 33.2 Å². The average Bonchev–Trinajstić information content (AvgIpc) is 3.20. The maximum atomic E-state index is 7.12. The molecule has 5 rings (SSSR count). The second-order valence-electron chi connectivity index (χ2n) is 14.7. The van der Waals surface area contributed by atoms with Crippen molar-refractivity contribution in [3.63, 3.8) is 0 Å². The van der Waals surface area contributed by atoms with Gasteiger partial charge in [0, 0.05) is 5.41 Å². The van der Waals surface area contributed by atoms with Crippen LogP contribution in [-0.2, 0) is 4.74 Å². The molecular weight excluding hydrogens is 376 g/mol. The fourth-order valence-electron chi connectivity index (χ4n) is 10.6. The van der Waals surface area contributed by atoms with Gasteiger partial charge in [0.05, 0.1) is 11.7 Å². The van der Waals surface area contributed by atoms with Crippen LogP contribution in [0, 0.1) is 38.9 Å². The molecule has 0 unspecified atom stereocenters. The minimum absolute atomic E-state index is 0.179. The molecule has 0 aromatic rings. The summed E-state index contributed by atoms with van der Waals surface area (Å²) in [5, 5.41) is 0. The fourth-order valence-corrected chi connectivity index (χ4v) is 10.6. The molecule has 2 saturated heterocycles. The highest BCUT2D eigenvalue weighted by Crippen LogP contribution is 2.78. The molecule has 3 saturated carbocycles. The van der Waals surface area contributed by atoms with Crippen LogP contribution in [0.4, 0.5) is 0 Å². The lowest BCUT2D eigenvalue weighted by molar-refractivity contribution is -0.249. The Morgan fingerprint density at radius 3 is 2.19 bits per heavy atom. The zero-order chi connectivity index (χ0) is 22.5. The molecule has 31 heavy (non-hydrogen) atoms. The Morgan fingerprint density at radius 1 is 0.806 bits per heavy atom. The Hall–Kier alpha value is -0.300. The summed E-state index contributed by atoms with van der Waals surface area (Å²) in [6.07, 6.45) is 18.2. The van der Waals surface area contributed by atoms with Crippen LogP contribution in [0.25, 0.3) is 0 Å². The van der Waals surface area contributed by atoms with Crippen molar-refractivity contribution in [1.29, 1.82) is 0 Å². The Bertz CT molecular complexity index is 775. The van der Waals surface area contributed by atoms with E-state index >= 15 is 0 Å². The van der Waals surface area contributed by atoms with Gasteiger partial charge in [0.15, 0.2) is 0 Å². The van der Waals surface area contributed by atoms with Crippen molar-refractivity contribution in [2.45, 2.75) is 138 Å². The number of ether oxygens (including phenoxy) is 1. The lowest BCUT2D eigenvalue weighted by Crippen LogP contribution is -2.67. The van der Waals surface area contributed by atoms with Gasteiger partial charge in [-0.2, -0.15) is 0 Å². The first kappa shape index (κ1) is 22.5. The standard InChI is InChI=1S/C30H50O/c1-21(2)10-9-14-26(5)16-18-28(7)23-12-11-22-25(3,4)24-13-15-30(22,31-24)29(23,8)19-17-27(28,6)20-26/h10,22-24H,9,11-20H2,1-8H3/t22-,23-,24+,26-,27+,28-,29-,30-/m1/s1. The molecule has 1 nitrogen and oxygen atoms in total. The van der Waals surface area contributed by atoms with Gasteiger partial charge < -0.3 is 4.74 Å². The summed E-state index contributed by atoms with van der Waals surface area (Å²) >= 11 is 0. The van der Waals surface area contributed by atoms with E-state index in [1.165, 1.54) is 76.2 Å². The molecule has 0 N–H and O–H groups in total. The monoisotopic (exact) mass is 426 g/mol. The van der Waals surface area contributed by atoms with Crippen molar-refractivity contribution in [3.8, 4) is 0 Å². The molecule has 5 fully saturated rings. The Labute approximate surface area is 193 Å². The maximum Gasteiger partial charge on any atom is 0.0777 e.